The summed E-state index contributed by atoms with van der Waals surface area (Å²) < 4.78 is 8.58. The molecule has 1 aliphatic rings. The predicted octanol–water partition coefficient (Wildman–Crippen LogP) is -1.41. The van der Waals surface area contributed by atoms with Crippen molar-refractivity contribution in [2.45, 2.75) is 0 Å². The topological polar surface area (TPSA) is 139 Å². The van der Waals surface area contributed by atoms with Crippen molar-refractivity contribution in [3.63, 3.8) is 0 Å². The zero-order valence-electron chi connectivity index (χ0n) is 6.52. The van der Waals surface area contributed by atoms with Gasteiger partial charge < -0.3 is 20.9 Å². The van der Waals surface area contributed by atoms with Gasteiger partial charge in [-0.3, -0.25) is 0 Å². The van der Waals surface area contributed by atoms with Gasteiger partial charge in [0, 0.05) is 0 Å². The molecule has 0 radical (unpaired) electrons. The van der Waals surface area contributed by atoms with Crippen molar-refractivity contribution in [2.75, 3.05) is 13.2 Å². The summed E-state index contributed by atoms with van der Waals surface area (Å²) in [6, 6.07) is -0.833. The second kappa shape index (κ2) is 9.92. The van der Waals surface area contributed by atoms with E-state index in [0.717, 1.165) is 0 Å². The Balaban J connectivity index is 0. The van der Waals surface area contributed by atoms with E-state index in [-0.39, 0.29) is 6.15 Å². The number of nitrogens with two attached hydrogens (primary N) is 2. The Labute approximate surface area is 72.8 Å². The van der Waals surface area contributed by atoms with E-state index in [9.17, 15) is 4.79 Å². The lowest BCUT2D eigenvalue weighted by Gasteiger charge is -1.78. The maximum Gasteiger partial charge on any atom is 0.508 e. The third-order valence-corrected chi connectivity index (χ3v) is 0.523. The minimum atomic E-state index is -0.833. The molecule has 4 N–H and O–H groups in total. The monoisotopic (exact) mass is 192 g/mol. The van der Waals surface area contributed by atoms with Gasteiger partial charge in [-0.15, -0.1) is 0 Å². The lowest BCUT2D eigenvalue weighted by atomic mass is 10.8. The van der Waals surface area contributed by atoms with E-state index in [1.807, 2.05) is 0 Å². The van der Waals surface area contributed by atoms with Gasteiger partial charge in [0.1, 0.15) is 13.2 Å². The van der Waals surface area contributed by atoms with Crippen molar-refractivity contribution in [3.8, 4) is 0 Å². The lowest BCUT2D eigenvalue weighted by molar-refractivity contribution is -0.191. The molecule has 0 atom stereocenters. The molecule has 1 fully saturated rings. The lowest BCUT2D eigenvalue weighted by Crippen LogP contribution is -2.18. The quantitative estimate of drug-likeness (QED) is 0.452. The van der Waals surface area contributed by atoms with Crippen molar-refractivity contribution in [3.05, 3.63) is 0 Å². The molecule has 0 aromatic carbocycles. The van der Waals surface area contributed by atoms with E-state index in [4.69, 9.17) is 14.4 Å². The number of ether oxygens (including phenoxy) is 2. The Bertz CT molecular complexity index is 185. The summed E-state index contributed by atoms with van der Waals surface area (Å²) in [5.74, 6) is 0. The molecule has 1 rings (SSSR count). The number of hydrogen-bond acceptors (Lipinski definition) is 6. The van der Waals surface area contributed by atoms with Crippen LogP contribution in [0.3, 0.4) is 0 Å². The van der Waals surface area contributed by atoms with Gasteiger partial charge in [0.25, 0.3) is 0 Å². The summed E-state index contributed by atoms with van der Waals surface area (Å²) in [5.41, 5.74) is 8.50. The highest BCUT2D eigenvalue weighted by Crippen LogP contribution is 1.92. The Hall–Kier alpha value is -2.08. The zero-order chi connectivity index (χ0) is 10.7. The van der Waals surface area contributed by atoms with Crippen LogP contribution in [0.1, 0.15) is 0 Å². The molecule has 8 nitrogen and oxygen atoms in total. The Morgan fingerprint density at radius 3 is 1.54 bits per heavy atom. The minimum Gasteiger partial charge on any atom is -0.431 e. The van der Waals surface area contributed by atoms with Gasteiger partial charge in [0.05, 0.1) is 0 Å². The number of rotatable bonds is 0. The van der Waals surface area contributed by atoms with E-state index < -0.39 is 12.2 Å². The van der Waals surface area contributed by atoms with Crippen LogP contribution in [0, 0.1) is 0 Å². The molecule has 0 aromatic rings. The Kier molecular flexibility index (Phi) is 10.3. The first-order valence-corrected chi connectivity index (χ1v) is 2.88. The van der Waals surface area contributed by atoms with E-state index in [1.54, 1.807) is 0 Å². The van der Waals surface area contributed by atoms with Crippen LogP contribution in [0.5, 0.6) is 0 Å². The molecular formula is C5H8N2O6. The highest BCUT2D eigenvalue weighted by Gasteiger charge is 2.09. The molecule has 1 aliphatic heterocycles. The van der Waals surface area contributed by atoms with Crippen LogP contribution in [0.4, 0.5) is 9.59 Å². The van der Waals surface area contributed by atoms with E-state index in [0.29, 0.717) is 13.2 Å². The molecule has 2 amide bonds. The van der Waals surface area contributed by atoms with Crippen molar-refractivity contribution in [1.29, 1.82) is 0 Å². The van der Waals surface area contributed by atoms with Gasteiger partial charge in [-0.2, -0.15) is 9.59 Å². The van der Waals surface area contributed by atoms with Gasteiger partial charge in [0.2, 0.25) is 0 Å². The number of primary amides is 2. The van der Waals surface area contributed by atoms with Gasteiger partial charge >= 0.3 is 18.3 Å². The van der Waals surface area contributed by atoms with Crippen LogP contribution in [0.15, 0.2) is 0 Å². The first-order chi connectivity index (χ1) is 6.04. The Morgan fingerprint density at radius 2 is 1.46 bits per heavy atom. The number of urea groups is 1. The summed E-state index contributed by atoms with van der Waals surface area (Å²) in [5, 5.41) is 0. The number of cyclic esters (lactones) is 2. The number of amides is 2. The van der Waals surface area contributed by atoms with E-state index >= 15 is 0 Å². The summed E-state index contributed by atoms with van der Waals surface area (Å²) in [7, 11) is 0. The van der Waals surface area contributed by atoms with Crippen molar-refractivity contribution >= 4 is 18.3 Å². The summed E-state index contributed by atoms with van der Waals surface area (Å²) >= 11 is 0. The highest BCUT2D eigenvalue weighted by molar-refractivity contribution is 5.69. The standard InChI is InChI=1S/C3H4O3.CH4N2O.CO2/c4-3-5-1-2-6-3;2-1(3)4;2-1-3/h1-2H2;(H4,2,3,4);. The van der Waals surface area contributed by atoms with Crippen molar-refractivity contribution in [2.24, 2.45) is 11.5 Å². The molecule has 74 valence electrons. The smallest absolute Gasteiger partial charge is 0.431 e. The molecule has 1 saturated heterocycles. The van der Waals surface area contributed by atoms with Gasteiger partial charge in [0.15, 0.2) is 0 Å². The fraction of sp³-hybridized carbons (Fsp3) is 0.400. The van der Waals surface area contributed by atoms with Crippen LogP contribution < -0.4 is 11.5 Å². The van der Waals surface area contributed by atoms with Gasteiger partial charge in [-0.25, -0.2) is 9.59 Å². The molecule has 1 heterocycles. The average molecular weight is 192 g/mol. The predicted molar refractivity (Wildman–Crippen MR) is 36.1 cm³/mol. The maximum absolute atomic E-state index is 9.80. The van der Waals surface area contributed by atoms with Crippen LogP contribution >= 0.6 is 0 Å². The Morgan fingerprint density at radius 1 is 1.23 bits per heavy atom. The third-order valence-electron chi connectivity index (χ3n) is 0.523. The molecule has 0 spiro atoms. The molecule has 0 bridgehead atoms. The molecule has 0 aromatic heterocycles. The molecule has 13 heavy (non-hydrogen) atoms. The summed E-state index contributed by atoms with van der Waals surface area (Å²) in [4.78, 5) is 35.0. The highest BCUT2D eigenvalue weighted by atomic mass is 16.8. The average Bonchev–Trinajstić information content (AvgIpc) is 2.39. The van der Waals surface area contributed by atoms with Crippen molar-refractivity contribution < 1.29 is 28.7 Å². The SMILES string of the molecule is NC(N)=O.O=C1OCCO1.O=C=O. The normalized spacial score (nSPS) is 11.5. The van der Waals surface area contributed by atoms with Crippen molar-refractivity contribution in [1.82, 2.24) is 0 Å². The summed E-state index contributed by atoms with van der Waals surface area (Å²) in [6.07, 6.45) is -0.296. The fourth-order valence-electron chi connectivity index (χ4n) is 0.292. The van der Waals surface area contributed by atoms with Crippen LogP contribution in [0.2, 0.25) is 0 Å². The second-order valence-electron chi connectivity index (χ2n) is 1.43. The molecular weight excluding hydrogens is 184 g/mol. The summed E-state index contributed by atoms with van der Waals surface area (Å²) in [6.45, 7) is 0.831. The van der Waals surface area contributed by atoms with Crippen LogP contribution in [0.25, 0.3) is 0 Å². The first kappa shape index (κ1) is 13.5. The first-order valence-electron chi connectivity index (χ1n) is 2.88. The largest absolute Gasteiger partial charge is 0.508 e. The van der Waals surface area contributed by atoms with Crippen LogP contribution in [-0.2, 0) is 19.1 Å². The molecule has 8 heteroatoms. The van der Waals surface area contributed by atoms with E-state index in [2.05, 4.69) is 20.9 Å². The fourth-order valence-corrected chi connectivity index (χ4v) is 0.292. The van der Waals surface area contributed by atoms with Gasteiger partial charge in [-0.1, -0.05) is 0 Å². The molecule has 0 unspecified atom stereocenters. The third kappa shape index (κ3) is 25.7. The maximum atomic E-state index is 9.80. The minimum absolute atomic E-state index is 0.250. The zero-order valence-corrected chi connectivity index (χ0v) is 6.52. The number of hydrogen-bond donors (Lipinski definition) is 2. The van der Waals surface area contributed by atoms with Gasteiger partial charge in [-0.05, 0) is 0 Å². The molecule has 0 aliphatic carbocycles. The van der Waals surface area contributed by atoms with Crippen LogP contribution in [-0.4, -0.2) is 31.6 Å². The van der Waals surface area contributed by atoms with E-state index in [1.165, 1.54) is 0 Å². The number of carbonyl (C=O) groups excluding carboxylic acids is 4. The molecule has 0 saturated carbocycles. The second-order valence-corrected chi connectivity index (χ2v) is 1.43. The number of carbonyl (C=O) groups is 2.